The van der Waals surface area contributed by atoms with E-state index in [0.29, 0.717) is 12.8 Å². The first kappa shape index (κ1) is 16.7. The quantitative estimate of drug-likeness (QED) is 0.908. The number of nitrogens with zero attached hydrogens (tertiary/aromatic N) is 3. The zero-order valence-electron chi connectivity index (χ0n) is 13.2. The van der Waals surface area contributed by atoms with Crippen molar-refractivity contribution in [3.8, 4) is 5.69 Å². The molecule has 2 heterocycles. The third-order valence-electron chi connectivity index (χ3n) is 4.38. The predicted octanol–water partition coefficient (Wildman–Crippen LogP) is 1.75. The van der Waals surface area contributed by atoms with Crippen LogP contribution in [0, 0.1) is 5.92 Å². The Morgan fingerprint density at radius 1 is 1.29 bits per heavy atom. The van der Waals surface area contributed by atoms with Gasteiger partial charge in [0.15, 0.2) is 0 Å². The van der Waals surface area contributed by atoms with Crippen LogP contribution in [-0.2, 0) is 14.8 Å². The number of hydrogen-bond donors (Lipinski definition) is 1. The molecule has 8 heteroatoms. The summed E-state index contributed by atoms with van der Waals surface area (Å²) in [6.07, 6.45) is 4.10. The third-order valence-corrected chi connectivity index (χ3v) is 6.40. The highest BCUT2D eigenvalue weighted by atomic mass is 32.2. The molecule has 1 N–H and O–H groups in total. The Balaban J connectivity index is 1.82. The number of sulfonamides is 1. The van der Waals surface area contributed by atoms with Crippen LogP contribution in [0.3, 0.4) is 0 Å². The van der Waals surface area contributed by atoms with Crippen molar-refractivity contribution >= 4 is 16.0 Å². The van der Waals surface area contributed by atoms with E-state index >= 15 is 0 Å². The van der Waals surface area contributed by atoms with Gasteiger partial charge in [0.1, 0.15) is 0 Å². The second-order valence-electron chi connectivity index (χ2n) is 5.97. The van der Waals surface area contributed by atoms with Crippen molar-refractivity contribution in [1.29, 1.82) is 0 Å². The second kappa shape index (κ2) is 6.37. The maximum Gasteiger partial charge on any atom is 0.306 e. The van der Waals surface area contributed by atoms with Gasteiger partial charge in [-0.15, -0.1) is 0 Å². The maximum atomic E-state index is 12.8. The van der Waals surface area contributed by atoms with Crippen LogP contribution in [0.4, 0.5) is 0 Å². The average molecular weight is 349 g/mol. The molecule has 0 aliphatic carbocycles. The summed E-state index contributed by atoms with van der Waals surface area (Å²) >= 11 is 0. The summed E-state index contributed by atoms with van der Waals surface area (Å²) in [4.78, 5) is 11.3. The van der Waals surface area contributed by atoms with Gasteiger partial charge < -0.3 is 5.11 Å². The Labute approximate surface area is 140 Å². The lowest BCUT2D eigenvalue weighted by Crippen LogP contribution is -2.45. The number of carboxylic acid groups (broad SMARTS) is 1. The van der Waals surface area contributed by atoms with E-state index in [1.807, 2.05) is 0 Å². The van der Waals surface area contributed by atoms with Crippen LogP contribution in [-0.4, -0.2) is 46.2 Å². The standard InChI is InChI=1S/C16H19N3O4S/c1-12-11-13(16(20)21)7-10-19(12)24(22,23)15-5-3-14(4-6-15)18-9-2-8-17-18/h2-6,8-9,12-13H,7,10-11H2,1H3,(H,20,21)/t12-,13-/m1/s1. The van der Waals surface area contributed by atoms with E-state index in [9.17, 15) is 13.2 Å². The molecule has 0 spiro atoms. The van der Waals surface area contributed by atoms with E-state index in [-0.39, 0.29) is 17.5 Å². The fourth-order valence-electron chi connectivity index (χ4n) is 3.06. The molecule has 24 heavy (non-hydrogen) atoms. The second-order valence-corrected chi connectivity index (χ2v) is 7.86. The summed E-state index contributed by atoms with van der Waals surface area (Å²) in [6.45, 7) is 1.98. The van der Waals surface area contributed by atoms with Crippen LogP contribution in [0.5, 0.6) is 0 Å². The molecule has 1 saturated heterocycles. The van der Waals surface area contributed by atoms with Crippen molar-refractivity contribution in [2.45, 2.75) is 30.7 Å². The number of rotatable bonds is 4. The summed E-state index contributed by atoms with van der Waals surface area (Å²) in [5, 5.41) is 13.2. The number of carbonyl (C=O) groups is 1. The van der Waals surface area contributed by atoms with Crippen molar-refractivity contribution in [2.24, 2.45) is 5.92 Å². The minimum Gasteiger partial charge on any atom is -0.481 e. The van der Waals surface area contributed by atoms with Crippen LogP contribution in [0.1, 0.15) is 19.8 Å². The van der Waals surface area contributed by atoms with Gasteiger partial charge in [-0.05, 0) is 50.1 Å². The van der Waals surface area contributed by atoms with E-state index in [4.69, 9.17) is 5.11 Å². The van der Waals surface area contributed by atoms with Gasteiger partial charge in [0.2, 0.25) is 10.0 Å². The highest BCUT2D eigenvalue weighted by Gasteiger charge is 2.36. The van der Waals surface area contributed by atoms with Crippen LogP contribution >= 0.6 is 0 Å². The minimum atomic E-state index is -3.64. The molecule has 0 saturated carbocycles. The molecule has 1 aromatic heterocycles. The lowest BCUT2D eigenvalue weighted by Gasteiger charge is -2.35. The molecule has 0 radical (unpaired) electrons. The van der Waals surface area contributed by atoms with Crippen LogP contribution < -0.4 is 0 Å². The third kappa shape index (κ3) is 3.07. The van der Waals surface area contributed by atoms with Crippen molar-refractivity contribution in [3.63, 3.8) is 0 Å². The summed E-state index contributed by atoms with van der Waals surface area (Å²) in [5.41, 5.74) is 0.775. The predicted molar refractivity (Wildman–Crippen MR) is 87.3 cm³/mol. The van der Waals surface area contributed by atoms with Gasteiger partial charge >= 0.3 is 5.97 Å². The molecule has 0 bridgehead atoms. The van der Waals surface area contributed by atoms with E-state index in [1.165, 1.54) is 4.31 Å². The topological polar surface area (TPSA) is 92.5 Å². The zero-order valence-corrected chi connectivity index (χ0v) is 14.1. The zero-order chi connectivity index (χ0) is 17.3. The van der Waals surface area contributed by atoms with E-state index < -0.39 is 21.9 Å². The molecular formula is C16H19N3O4S. The molecule has 128 valence electrons. The summed E-state index contributed by atoms with van der Waals surface area (Å²) in [7, 11) is -3.64. The highest BCUT2D eigenvalue weighted by molar-refractivity contribution is 7.89. The first-order valence-electron chi connectivity index (χ1n) is 7.74. The summed E-state index contributed by atoms with van der Waals surface area (Å²) in [5.74, 6) is -1.34. The molecule has 1 aliphatic rings. The van der Waals surface area contributed by atoms with E-state index in [2.05, 4.69) is 5.10 Å². The number of piperidine rings is 1. The number of aliphatic carboxylic acids is 1. The fourth-order valence-corrected chi connectivity index (χ4v) is 4.72. The number of hydrogen-bond acceptors (Lipinski definition) is 4. The van der Waals surface area contributed by atoms with Crippen molar-refractivity contribution in [1.82, 2.24) is 14.1 Å². The van der Waals surface area contributed by atoms with Gasteiger partial charge in [0.25, 0.3) is 0 Å². The summed E-state index contributed by atoms with van der Waals surface area (Å²) < 4.78 is 28.7. The lowest BCUT2D eigenvalue weighted by molar-refractivity contribution is -0.143. The molecule has 1 aliphatic heterocycles. The summed E-state index contributed by atoms with van der Waals surface area (Å²) in [6, 6.07) is 7.97. The van der Waals surface area contributed by atoms with Gasteiger partial charge in [0.05, 0.1) is 16.5 Å². The maximum absolute atomic E-state index is 12.8. The van der Waals surface area contributed by atoms with Crippen LogP contribution in [0.2, 0.25) is 0 Å². The monoisotopic (exact) mass is 349 g/mol. The molecular weight excluding hydrogens is 330 g/mol. The van der Waals surface area contributed by atoms with Gasteiger partial charge in [-0.25, -0.2) is 13.1 Å². The first-order valence-corrected chi connectivity index (χ1v) is 9.18. The number of carboxylic acids is 1. The average Bonchev–Trinajstić information content (AvgIpc) is 3.09. The van der Waals surface area contributed by atoms with E-state index in [0.717, 1.165) is 5.69 Å². The van der Waals surface area contributed by atoms with Gasteiger partial charge in [0, 0.05) is 25.0 Å². The van der Waals surface area contributed by atoms with Gasteiger partial charge in [-0.1, -0.05) is 0 Å². The van der Waals surface area contributed by atoms with Crippen molar-refractivity contribution in [3.05, 3.63) is 42.7 Å². The number of benzene rings is 1. The smallest absolute Gasteiger partial charge is 0.306 e. The molecule has 3 rings (SSSR count). The number of aromatic nitrogens is 2. The Morgan fingerprint density at radius 2 is 2.00 bits per heavy atom. The van der Waals surface area contributed by atoms with Crippen molar-refractivity contribution < 1.29 is 18.3 Å². The van der Waals surface area contributed by atoms with Gasteiger partial charge in [-0.2, -0.15) is 9.40 Å². The lowest BCUT2D eigenvalue weighted by atomic mass is 9.93. The molecule has 7 nitrogen and oxygen atoms in total. The van der Waals surface area contributed by atoms with Crippen LogP contribution in [0.25, 0.3) is 5.69 Å². The fraction of sp³-hybridized carbons (Fsp3) is 0.375. The highest BCUT2D eigenvalue weighted by Crippen LogP contribution is 2.28. The van der Waals surface area contributed by atoms with Crippen molar-refractivity contribution in [2.75, 3.05) is 6.54 Å². The Kier molecular flexibility index (Phi) is 4.42. The largest absolute Gasteiger partial charge is 0.481 e. The molecule has 0 amide bonds. The Morgan fingerprint density at radius 3 is 2.54 bits per heavy atom. The molecule has 1 fully saturated rings. The first-order chi connectivity index (χ1) is 11.4. The van der Waals surface area contributed by atoms with Crippen LogP contribution in [0.15, 0.2) is 47.6 Å². The molecule has 1 aromatic carbocycles. The van der Waals surface area contributed by atoms with Gasteiger partial charge in [-0.3, -0.25) is 4.79 Å². The minimum absolute atomic E-state index is 0.207. The molecule has 0 unspecified atom stereocenters. The Hall–Kier alpha value is -2.19. The normalized spacial score (nSPS) is 22.4. The Bertz CT molecular complexity index is 816. The molecule has 2 atom stereocenters. The van der Waals surface area contributed by atoms with E-state index in [1.54, 1.807) is 54.3 Å². The SMILES string of the molecule is C[C@@H]1C[C@H](C(=O)O)CCN1S(=O)(=O)c1ccc(-n2cccn2)cc1. The molecule has 2 aromatic rings.